The second-order valence-corrected chi connectivity index (χ2v) is 4.12. The summed E-state index contributed by atoms with van der Waals surface area (Å²) in [6, 6.07) is 8.28. The Morgan fingerprint density at radius 1 is 1.24 bits per heavy atom. The molecule has 0 aliphatic rings. The zero-order valence-corrected chi connectivity index (χ0v) is 10.7. The van der Waals surface area contributed by atoms with Gasteiger partial charge in [0.2, 0.25) is 0 Å². The molecule has 1 aromatic rings. The summed E-state index contributed by atoms with van der Waals surface area (Å²) in [4.78, 5) is 0. The molecule has 94 valence electrons. The van der Waals surface area contributed by atoms with Crippen molar-refractivity contribution in [3.05, 3.63) is 42.5 Å². The lowest BCUT2D eigenvalue weighted by molar-refractivity contribution is 0.306. The number of rotatable bonds is 9. The van der Waals surface area contributed by atoms with Gasteiger partial charge < -0.3 is 10.1 Å². The molecule has 1 rings (SSSR count). The van der Waals surface area contributed by atoms with Crippen molar-refractivity contribution < 1.29 is 4.74 Å². The molecule has 0 fully saturated rings. The first-order valence-corrected chi connectivity index (χ1v) is 6.40. The van der Waals surface area contributed by atoms with Crippen LogP contribution in [0.25, 0.3) is 0 Å². The van der Waals surface area contributed by atoms with Crippen LogP contribution in [0.5, 0.6) is 5.75 Å². The highest BCUT2D eigenvalue weighted by atomic mass is 16.5. The third-order valence-electron chi connectivity index (χ3n) is 2.56. The summed E-state index contributed by atoms with van der Waals surface area (Å²) >= 11 is 0. The first kappa shape index (κ1) is 13.8. The van der Waals surface area contributed by atoms with Crippen molar-refractivity contribution in [3.63, 3.8) is 0 Å². The monoisotopic (exact) mass is 233 g/mol. The Morgan fingerprint density at radius 2 is 2.00 bits per heavy atom. The molecule has 0 aliphatic carbocycles. The molecule has 0 bridgehead atoms. The van der Waals surface area contributed by atoms with Crippen LogP contribution in [0.1, 0.15) is 31.7 Å². The average Bonchev–Trinajstić information content (AvgIpc) is 2.37. The van der Waals surface area contributed by atoms with Gasteiger partial charge in [-0.25, -0.2) is 0 Å². The highest BCUT2D eigenvalue weighted by Crippen LogP contribution is 2.12. The van der Waals surface area contributed by atoms with Crippen molar-refractivity contribution in [2.24, 2.45) is 0 Å². The number of hydrogen-bond acceptors (Lipinski definition) is 2. The Bertz CT molecular complexity index is 305. The Hall–Kier alpha value is -1.28. The molecule has 2 heteroatoms. The molecule has 17 heavy (non-hydrogen) atoms. The summed E-state index contributed by atoms with van der Waals surface area (Å²) in [7, 11) is 0. The maximum Gasteiger partial charge on any atom is 0.119 e. The fourth-order valence-corrected chi connectivity index (χ4v) is 1.56. The van der Waals surface area contributed by atoms with Gasteiger partial charge >= 0.3 is 0 Å². The van der Waals surface area contributed by atoms with Crippen molar-refractivity contribution in [1.82, 2.24) is 5.32 Å². The summed E-state index contributed by atoms with van der Waals surface area (Å²) in [5, 5.41) is 3.27. The number of nitrogens with one attached hydrogen (secondary N) is 1. The van der Waals surface area contributed by atoms with E-state index in [2.05, 4.69) is 31.0 Å². The summed E-state index contributed by atoms with van der Waals surface area (Å²) in [5.41, 5.74) is 1.27. The van der Waals surface area contributed by atoms with Gasteiger partial charge in [-0.3, -0.25) is 0 Å². The zero-order chi connectivity index (χ0) is 12.3. The van der Waals surface area contributed by atoms with Gasteiger partial charge in [-0.15, -0.1) is 6.58 Å². The molecule has 1 N–H and O–H groups in total. The predicted octanol–water partition coefficient (Wildman–Crippen LogP) is 3.53. The third-order valence-corrected chi connectivity index (χ3v) is 2.56. The lowest BCUT2D eigenvalue weighted by Crippen LogP contribution is -2.12. The summed E-state index contributed by atoms with van der Waals surface area (Å²) in [6.07, 6.45) is 5.48. The Kier molecular flexibility index (Phi) is 7.15. The normalized spacial score (nSPS) is 10.2. The van der Waals surface area contributed by atoms with Crippen molar-refractivity contribution >= 4 is 0 Å². The van der Waals surface area contributed by atoms with Crippen LogP contribution in [0, 0.1) is 0 Å². The van der Waals surface area contributed by atoms with E-state index in [1.54, 1.807) is 0 Å². The largest absolute Gasteiger partial charge is 0.494 e. The second-order valence-electron chi connectivity index (χ2n) is 4.12. The minimum absolute atomic E-state index is 0.821. The van der Waals surface area contributed by atoms with Gasteiger partial charge in [0.25, 0.3) is 0 Å². The molecule has 1 aromatic carbocycles. The Morgan fingerprint density at radius 3 is 2.65 bits per heavy atom. The van der Waals surface area contributed by atoms with Gasteiger partial charge in [-0.05, 0) is 24.1 Å². The summed E-state index contributed by atoms with van der Waals surface area (Å²) in [6.45, 7) is 8.41. The predicted molar refractivity (Wildman–Crippen MR) is 73.4 cm³/mol. The number of unbranched alkanes of at least 4 members (excludes halogenated alkanes) is 2. The summed E-state index contributed by atoms with van der Waals surface area (Å²) in [5.74, 6) is 0.966. The highest BCUT2D eigenvalue weighted by molar-refractivity contribution is 5.27. The topological polar surface area (TPSA) is 21.3 Å². The molecule has 0 atom stereocenters. The fourth-order valence-electron chi connectivity index (χ4n) is 1.56. The van der Waals surface area contributed by atoms with E-state index in [0.29, 0.717) is 0 Å². The van der Waals surface area contributed by atoms with Crippen LogP contribution in [-0.2, 0) is 6.54 Å². The van der Waals surface area contributed by atoms with Crippen molar-refractivity contribution in [2.45, 2.75) is 32.7 Å². The first-order chi connectivity index (χ1) is 8.36. The molecule has 0 spiro atoms. The molecular formula is C15H23NO. The van der Waals surface area contributed by atoms with E-state index in [4.69, 9.17) is 4.74 Å². The maximum absolute atomic E-state index is 5.65. The molecular weight excluding hydrogens is 210 g/mol. The van der Waals surface area contributed by atoms with E-state index < -0.39 is 0 Å². The average molecular weight is 233 g/mol. The van der Waals surface area contributed by atoms with Gasteiger partial charge in [-0.2, -0.15) is 0 Å². The molecule has 0 heterocycles. The van der Waals surface area contributed by atoms with Crippen LogP contribution in [0.4, 0.5) is 0 Å². The Labute approximate surface area is 105 Å². The maximum atomic E-state index is 5.65. The molecule has 0 unspecified atom stereocenters. The molecule has 0 saturated carbocycles. The highest BCUT2D eigenvalue weighted by Gasteiger charge is 1.95. The lowest BCUT2D eigenvalue weighted by Gasteiger charge is -2.07. The standard InChI is InChI=1S/C15H23NO/c1-3-5-6-12-17-15-9-7-14(8-10-15)13-16-11-4-2/h4,7-10,16H,2-3,5-6,11-13H2,1H3. The van der Waals surface area contributed by atoms with Crippen LogP contribution < -0.4 is 10.1 Å². The first-order valence-electron chi connectivity index (χ1n) is 6.40. The third kappa shape index (κ3) is 6.12. The second kappa shape index (κ2) is 8.82. The van der Waals surface area contributed by atoms with E-state index in [0.717, 1.165) is 31.9 Å². The van der Waals surface area contributed by atoms with E-state index in [9.17, 15) is 0 Å². The van der Waals surface area contributed by atoms with Crippen LogP contribution in [-0.4, -0.2) is 13.2 Å². The van der Waals surface area contributed by atoms with Gasteiger partial charge in [-0.1, -0.05) is 38.0 Å². The quantitative estimate of drug-likeness (QED) is 0.520. The fraction of sp³-hybridized carbons (Fsp3) is 0.467. The van der Waals surface area contributed by atoms with E-state index >= 15 is 0 Å². The van der Waals surface area contributed by atoms with Crippen molar-refractivity contribution in [3.8, 4) is 5.75 Å². The van der Waals surface area contributed by atoms with Crippen LogP contribution in [0.15, 0.2) is 36.9 Å². The lowest BCUT2D eigenvalue weighted by atomic mass is 10.2. The SMILES string of the molecule is C=CCNCc1ccc(OCCCCC)cc1. The van der Waals surface area contributed by atoms with Crippen molar-refractivity contribution in [1.29, 1.82) is 0 Å². The molecule has 0 aliphatic heterocycles. The molecule has 0 amide bonds. The number of ether oxygens (including phenoxy) is 1. The molecule has 0 saturated heterocycles. The van der Waals surface area contributed by atoms with Crippen LogP contribution in [0.2, 0.25) is 0 Å². The van der Waals surface area contributed by atoms with Crippen LogP contribution >= 0.6 is 0 Å². The van der Waals surface area contributed by atoms with Gasteiger partial charge in [0.1, 0.15) is 5.75 Å². The summed E-state index contributed by atoms with van der Waals surface area (Å²) < 4.78 is 5.65. The van der Waals surface area contributed by atoms with E-state index in [-0.39, 0.29) is 0 Å². The smallest absolute Gasteiger partial charge is 0.119 e. The molecule has 0 radical (unpaired) electrons. The number of hydrogen-bond donors (Lipinski definition) is 1. The van der Waals surface area contributed by atoms with Crippen LogP contribution in [0.3, 0.4) is 0 Å². The van der Waals surface area contributed by atoms with Gasteiger partial charge in [0, 0.05) is 13.1 Å². The zero-order valence-electron chi connectivity index (χ0n) is 10.7. The molecule has 0 aromatic heterocycles. The van der Waals surface area contributed by atoms with Gasteiger partial charge in [0.15, 0.2) is 0 Å². The van der Waals surface area contributed by atoms with E-state index in [1.165, 1.54) is 18.4 Å². The van der Waals surface area contributed by atoms with E-state index in [1.807, 2.05) is 18.2 Å². The van der Waals surface area contributed by atoms with Gasteiger partial charge in [0.05, 0.1) is 6.61 Å². The minimum atomic E-state index is 0.821. The Balaban J connectivity index is 2.26. The number of benzene rings is 1. The minimum Gasteiger partial charge on any atom is -0.494 e. The van der Waals surface area contributed by atoms with Crippen molar-refractivity contribution in [2.75, 3.05) is 13.2 Å². The molecule has 2 nitrogen and oxygen atoms in total.